The van der Waals surface area contributed by atoms with Crippen molar-refractivity contribution in [1.82, 2.24) is 20.8 Å². The van der Waals surface area contributed by atoms with Crippen molar-refractivity contribution in [2.75, 3.05) is 24.5 Å². The number of alkyl halides is 1. The zero-order chi connectivity index (χ0) is 27.2. The molecule has 0 radical (unpaired) electrons. The number of aliphatic hydroxyl groups excluding tert-OH is 1. The average molecular weight is 546 g/mol. The number of anilines is 1. The topological polar surface area (TPSA) is 127 Å². The number of aliphatic hydroxyl groups is 1. The van der Waals surface area contributed by atoms with Gasteiger partial charge in [0.2, 0.25) is 11.8 Å². The van der Waals surface area contributed by atoms with E-state index in [-0.39, 0.29) is 35.1 Å². The number of H-pyrrole nitrogens is 1. The fraction of sp³-hybridized carbons (Fsp3) is 0.481. The molecule has 1 saturated heterocycles. The number of nitrogens with zero attached hydrogens (tertiary/aromatic N) is 2. The minimum Gasteiger partial charge on any atom is -0.508 e. The lowest BCUT2D eigenvalue weighted by Crippen LogP contribution is -2.40. The predicted octanol–water partition coefficient (Wildman–Crippen LogP) is 3.03. The largest absolute Gasteiger partial charge is 0.508 e. The van der Waals surface area contributed by atoms with E-state index in [0.717, 1.165) is 29.5 Å². The summed E-state index contributed by atoms with van der Waals surface area (Å²) >= 11 is 6.07. The van der Waals surface area contributed by atoms with Crippen molar-refractivity contribution in [2.24, 2.45) is 17.8 Å². The van der Waals surface area contributed by atoms with Gasteiger partial charge in [-0.3, -0.25) is 14.4 Å². The van der Waals surface area contributed by atoms with Crippen molar-refractivity contribution in [3.05, 3.63) is 69.2 Å². The molecular formula is C27H33ClFN5O4. The lowest BCUT2D eigenvalue weighted by Gasteiger charge is -2.28. The van der Waals surface area contributed by atoms with Crippen LogP contribution in [0.15, 0.2) is 63.7 Å². The lowest BCUT2D eigenvalue weighted by molar-refractivity contribution is -0.126. The molecule has 5 atom stereocenters. The fourth-order valence-electron chi connectivity index (χ4n) is 5.38. The first-order valence-electron chi connectivity index (χ1n) is 12.8. The molecule has 1 aromatic rings. The molecule has 4 N–H and O–H groups in total. The van der Waals surface area contributed by atoms with E-state index in [4.69, 9.17) is 11.6 Å². The van der Waals surface area contributed by atoms with E-state index in [9.17, 15) is 23.9 Å². The number of carbonyl (C=O) groups excluding carboxylic acids is 2. The summed E-state index contributed by atoms with van der Waals surface area (Å²) in [6, 6.07) is 2.81. The van der Waals surface area contributed by atoms with Gasteiger partial charge in [0.1, 0.15) is 17.7 Å². The molecule has 38 heavy (non-hydrogen) atoms. The van der Waals surface area contributed by atoms with Crippen LogP contribution in [0.2, 0.25) is 0 Å². The molecule has 9 nitrogen and oxygen atoms in total. The van der Waals surface area contributed by atoms with Crippen LogP contribution in [-0.4, -0.2) is 59.0 Å². The first-order chi connectivity index (χ1) is 18.2. The monoisotopic (exact) mass is 545 g/mol. The second-order valence-corrected chi connectivity index (χ2v) is 10.5. The van der Waals surface area contributed by atoms with Gasteiger partial charge in [-0.05, 0) is 61.5 Å². The van der Waals surface area contributed by atoms with Crippen molar-refractivity contribution < 1.29 is 19.1 Å². The molecule has 0 spiro atoms. The van der Waals surface area contributed by atoms with E-state index in [1.165, 1.54) is 19.1 Å². The smallest absolute Gasteiger partial charge is 0.264 e. The van der Waals surface area contributed by atoms with Gasteiger partial charge in [0.25, 0.3) is 5.56 Å². The first kappa shape index (κ1) is 27.6. The molecule has 4 unspecified atom stereocenters. The molecule has 1 fully saturated rings. The van der Waals surface area contributed by atoms with E-state index < -0.39 is 18.0 Å². The first-order valence-corrected chi connectivity index (χ1v) is 13.2. The molecule has 11 heteroatoms. The van der Waals surface area contributed by atoms with Crippen molar-refractivity contribution in [3.63, 3.8) is 0 Å². The average Bonchev–Trinajstić information content (AvgIpc) is 3.32. The Hall–Kier alpha value is -3.40. The number of amides is 2. The van der Waals surface area contributed by atoms with E-state index in [0.29, 0.717) is 38.3 Å². The van der Waals surface area contributed by atoms with Crippen LogP contribution in [0.25, 0.3) is 0 Å². The van der Waals surface area contributed by atoms with Gasteiger partial charge in [-0.2, -0.15) is 5.10 Å². The summed E-state index contributed by atoms with van der Waals surface area (Å²) in [5, 5.41) is 22.9. The Morgan fingerprint density at radius 1 is 1.29 bits per heavy atom. The molecule has 1 aromatic heterocycles. The van der Waals surface area contributed by atoms with Crippen LogP contribution in [0, 0.1) is 17.8 Å². The number of aromatic amines is 1. The van der Waals surface area contributed by atoms with E-state index in [1.54, 1.807) is 12.1 Å². The maximum atomic E-state index is 14.9. The summed E-state index contributed by atoms with van der Waals surface area (Å²) in [6.07, 6.45) is 9.42. The maximum Gasteiger partial charge on any atom is 0.264 e. The summed E-state index contributed by atoms with van der Waals surface area (Å²) in [4.78, 5) is 38.4. The number of aromatic nitrogens is 2. The Labute approximate surface area is 225 Å². The second kappa shape index (κ2) is 12.4. The van der Waals surface area contributed by atoms with Crippen LogP contribution in [0.3, 0.4) is 0 Å². The molecule has 0 saturated carbocycles. The molecule has 3 aliphatic rings. The summed E-state index contributed by atoms with van der Waals surface area (Å²) < 4.78 is 14.9. The Kier molecular flexibility index (Phi) is 9.04. The Morgan fingerprint density at radius 3 is 2.76 bits per heavy atom. The highest BCUT2D eigenvalue weighted by molar-refractivity contribution is 6.29. The quantitative estimate of drug-likeness (QED) is 0.353. The SMILES string of the molecule is CC(=O)NC(CCCNC(=O)C1CN(c2ccc(=O)[nH]n2)C[C@H]1C1C=CC(O)=CC1F)C1=CC=C(Cl)CC1. The number of hydrogen-bond acceptors (Lipinski definition) is 6. The molecule has 204 valence electrons. The number of halogens is 2. The number of allylic oxidation sites excluding steroid dienone is 6. The van der Waals surface area contributed by atoms with Crippen molar-refractivity contribution >= 4 is 29.2 Å². The minimum atomic E-state index is -1.42. The molecule has 4 rings (SSSR count). The highest BCUT2D eigenvalue weighted by atomic mass is 35.5. The van der Waals surface area contributed by atoms with E-state index >= 15 is 0 Å². The molecule has 0 aromatic carbocycles. The molecule has 2 heterocycles. The fourth-order valence-corrected chi connectivity index (χ4v) is 5.54. The van der Waals surface area contributed by atoms with E-state index in [1.807, 2.05) is 17.1 Å². The molecule has 2 amide bonds. The normalized spacial score (nSPS) is 25.8. The summed E-state index contributed by atoms with van der Waals surface area (Å²) in [5.41, 5.74) is 0.768. The van der Waals surface area contributed by atoms with Crippen LogP contribution in [-0.2, 0) is 9.59 Å². The van der Waals surface area contributed by atoms with Gasteiger partial charge in [0.15, 0.2) is 0 Å². The van der Waals surface area contributed by atoms with Crippen LogP contribution in [0.1, 0.15) is 32.6 Å². The van der Waals surface area contributed by atoms with Crippen LogP contribution in [0.4, 0.5) is 10.2 Å². The Morgan fingerprint density at radius 2 is 2.11 bits per heavy atom. The highest BCUT2D eigenvalue weighted by Crippen LogP contribution is 2.37. The zero-order valence-electron chi connectivity index (χ0n) is 21.2. The Bertz CT molecular complexity index is 1210. The predicted molar refractivity (Wildman–Crippen MR) is 143 cm³/mol. The number of nitrogens with one attached hydrogen (secondary N) is 3. The van der Waals surface area contributed by atoms with E-state index in [2.05, 4.69) is 20.8 Å². The maximum absolute atomic E-state index is 14.9. The molecular weight excluding hydrogens is 513 g/mol. The Balaban J connectivity index is 1.40. The van der Waals surface area contributed by atoms with Crippen LogP contribution in [0.5, 0.6) is 0 Å². The summed E-state index contributed by atoms with van der Waals surface area (Å²) in [7, 11) is 0. The third-order valence-electron chi connectivity index (χ3n) is 7.30. The molecule has 0 bridgehead atoms. The second-order valence-electron chi connectivity index (χ2n) is 9.97. The zero-order valence-corrected chi connectivity index (χ0v) is 22.0. The van der Waals surface area contributed by atoms with Gasteiger partial charge in [-0.15, -0.1) is 0 Å². The van der Waals surface area contributed by atoms with Gasteiger partial charge in [-0.1, -0.05) is 23.8 Å². The standard InChI is InChI=1S/C27H33ClFN5O4/c1-16(35)31-24(17-4-6-18(28)7-5-17)3-2-12-30-27(38)22-15-34(25-10-11-26(37)33-32-25)14-21(22)20-9-8-19(36)13-23(20)29/h4,6,8-11,13,20-24,36H,2-3,5,7,12,14-15H2,1H3,(H,30,38)(H,31,35)(H,33,37)/t20?,21-,22?,23?,24?/m0/s1. The number of carbonyl (C=O) groups is 2. The summed E-state index contributed by atoms with van der Waals surface area (Å²) in [6.45, 7) is 2.57. The van der Waals surface area contributed by atoms with Crippen molar-refractivity contribution in [2.45, 2.75) is 44.8 Å². The minimum absolute atomic E-state index is 0.119. The van der Waals surface area contributed by atoms with Crippen LogP contribution >= 0.6 is 11.6 Å². The van der Waals surface area contributed by atoms with Crippen molar-refractivity contribution in [3.8, 4) is 0 Å². The molecule has 1 aliphatic heterocycles. The number of rotatable bonds is 9. The van der Waals surface area contributed by atoms with Gasteiger partial charge in [-0.25, -0.2) is 9.49 Å². The van der Waals surface area contributed by atoms with Crippen molar-refractivity contribution in [1.29, 1.82) is 0 Å². The van der Waals surface area contributed by atoms with Gasteiger partial charge >= 0.3 is 0 Å². The highest BCUT2D eigenvalue weighted by Gasteiger charge is 2.44. The third kappa shape index (κ3) is 6.92. The number of hydrogen-bond donors (Lipinski definition) is 4. The molecule has 2 aliphatic carbocycles. The van der Waals surface area contributed by atoms with Gasteiger partial charge < -0.3 is 20.6 Å². The lowest BCUT2D eigenvalue weighted by atomic mass is 9.79. The van der Waals surface area contributed by atoms with Crippen LogP contribution < -0.4 is 21.1 Å². The van der Waals surface area contributed by atoms with Gasteiger partial charge in [0.05, 0.1) is 12.0 Å². The van der Waals surface area contributed by atoms with Gasteiger partial charge in [0, 0.05) is 43.6 Å². The third-order valence-corrected chi connectivity index (χ3v) is 7.61. The summed E-state index contributed by atoms with van der Waals surface area (Å²) in [5.74, 6) is -1.41.